The number of hydrogen-bond acceptors (Lipinski definition) is 3. The van der Waals surface area contributed by atoms with Gasteiger partial charge in [0, 0.05) is 27.0 Å². The lowest BCUT2D eigenvalue weighted by molar-refractivity contribution is 1.27. The third-order valence-corrected chi connectivity index (χ3v) is 4.02. The van der Waals surface area contributed by atoms with E-state index in [4.69, 9.17) is 17.3 Å². The highest BCUT2D eigenvalue weighted by molar-refractivity contribution is 9.10. The lowest BCUT2D eigenvalue weighted by Crippen LogP contribution is -1.89. The van der Waals surface area contributed by atoms with Crippen molar-refractivity contribution in [1.29, 1.82) is 0 Å². The first kappa shape index (κ1) is 12.7. The smallest absolute Gasteiger partial charge is 0.129 e. The number of halogens is 2. The van der Waals surface area contributed by atoms with Crippen molar-refractivity contribution in [3.05, 3.63) is 51.7 Å². The molecule has 0 fully saturated rings. The molecule has 1 aromatic carbocycles. The zero-order chi connectivity index (χ0) is 12.3. The van der Waals surface area contributed by atoms with E-state index in [0.29, 0.717) is 5.15 Å². The summed E-state index contributed by atoms with van der Waals surface area (Å²) in [6.45, 7) is 0. The molecule has 0 aliphatic heterocycles. The second kappa shape index (κ2) is 5.76. The summed E-state index contributed by atoms with van der Waals surface area (Å²) in [6.07, 6.45) is 1.71. The zero-order valence-corrected chi connectivity index (χ0v) is 12.0. The Bertz CT molecular complexity index is 534. The van der Waals surface area contributed by atoms with Crippen LogP contribution in [-0.2, 0) is 5.75 Å². The highest BCUT2D eigenvalue weighted by Crippen LogP contribution is 2.30. The highest BCUT2D eigenvalue weighted by Gasteiger charge is 2.02. The average molecular weight is 330 g/mol. The fourth-order valence-electron chi connectivity index (χ4n) is 1.34. The molecule has 1 heterocycles. The van der Waals surface area contributed by atoms with Crippen LogP contribution in [0.25, 0.3) is 0 Å². The molecule has 0 saturated heterocycles. The molecular weight excluding hydrogens is 320 g/mol. The number of pyridine rings is 1. The van der Waals surface area contributed by atoms with Gasteiger partial charge in [0.05, 0.1) is 0 Å². The number of hydrogen-bond donors (Lipinski definition) is 1. The van der Waals surface area contributed by atoms with E-state index in [0.717, 1.165) is 26.4 Å². The molecule has 2 rings (SSSR count). The number of anilines is 1. The highest BCUT2D eigenvalue weighted by atomic mass is 79.9. The third kappa shape index (κ3) is 3.63. The molecule has 0 unspecified atom stereocenters. The number of nitrogens with zero attached hydrogens (tertiary/aromatic N) is 1. The van der Waals surface area contributed by atoms with Crippen molar-refractivity contribution in [1.82, 2.24) is 4.98 Å². The van der Waals surface area contributed by atoms with E-state index >= 15 is 0 Å². The predicted octanol–water partition coefficient (Wildman–Crippen LogP) is 4.37. The van der Waals surface area contributed by atoms with Gasteiger partial charge in [0.15, 0.2) is 0 Å². The van der Waals surface area contributed by atoms with Crippen LogP contribution in [0.1, 0.15) is 5.56 Å². The first-order valence-electron chi connectivity index (χ1n) is 4.93. The van der Waals surface area contributed by atoms with Crippen LogP contribution in [0.4, 0.5) is 5.69 Å². The summed E-state index contributed by atoms with van der Waals surface area (Å²) >= 11 is 10.9. The number of rotatable bonds is 3. The molecule has 0 bridgehead atoms. The Hall–Kier alpha value is -0.710. The molecular formula is C12H10BrClN2S. The fraction of sp³-hybridized carbons (Fsp3) is 0.0833. The van der Waals surface area contributed by atoms with Crippen molar-refractivity contribution >= 4 is 45.0 Å². The Morgan fingerprint density at radius 2 is 2.12 bits per heavy atom. The van der Waals surface area contributed by atoms with Crippen molar-refractivity contribution in [3.63, 3.8) is 0 Å². The van der Waals surface area contributed by atoms with Crippen LogP contribution in [0.2, 0.25) is 5.15 Å². The molecule has 0 radical (unpaired) electrons. The van der Waals surface area contributed by atoms with Gasteiger partial charge in [-0.05, 0) is 35.9 Å². The van der Waals surface area contributed by atoms with Gasteiger partial charge >= 0.3 is 0 Å². The van der Waals surface area contributed by atoms with Crippen LogP contribution >= 0.6 is 39.3 Å². The molecule has 88 valence electrons. The maximum absolute atomic E-state index is 5.93. The van der Waals surface area contributed by atoms with Crippen molar-refractivity contribution in [3.8, 4) is 0 Å². The SMILES string of the molecule is Nc1cc(Br)ccc1SCc1ccnc(Cl)c1. The maximum atomic E-state index is 5.93. The number of nitrogens with two attached hydrogens (primary N) is 1. The van der Waals surface area contributed by atoms with E-state index in [1.54, 1.807) is 18.0 Å². The minimum atomic E-state index is 0.520. The molecule has 2 N–H and O–H groups in total. The van der Waals surface area contributed by atoms with Crippen LogP contribution in [0.15, 0.2) is 45.9 Å². The second-order valence-corrected chi connectivity index (χ2v) is 5.78. The van der Waals surface area contributed by atoms with Gasteiger partial charge in [-0.25, -0.2) is 4.98 Å². The Kier molecular flexibility index (Phi) is 4.31. The Balaban J connectivity index is 2.07. The standard InChI is InChI=1S/C12H10BrClN2S/c13-9-1-2-11(10(15)6-9)17-7-8-3-4-16-12(14)5-8/h1-6H,7,15H2. The van der Waals surface area contributed by atoms with Crippen LogP contribution in [0.5, 0.6) is 0 Å². The van der Waals surface area contributed by atoms with Gasteiger partial charge in [0.25, 0.3) is 0 Å². The lowest BCUT2D eigenvalue weighted by atomic mass is 10.3. The summed E-state index contributed by atoms with van der Waals surface area (Å²) in [5.74, 6) is 0.827. The Labute approximate surface area is 118 Å². The Morgan fingerprint density at radius 1 is 1.29 bits per heavy atom. The van der Waals surface area contributed by atoms with Crippen molar-refractivity contribution in [2.45, 2.75) is 10.6 Å². The first-order valence-corrected chi connectivity index (χ1v) is 7.09. The van der Waals surface area contributed by atoms with Crippen LogP contribution in [0, 0.1) is 0 Å². The normalized spacial score (nSPS) is 10.5. The first-order chi connectivity index (χ1) is 8.15. The van der Waals surface area contributed by atoms with E-state index in [-0.39, 0.29) is 0 Å². The van der Waals surface area contributed by atoms with E-state index in [1.807, 2.05) is 30.3 Å². The van der Waals surface area contributed by atoms with E-state index in [2.05, 4.69) is 20.9 Å². The summed E-state index contributed by atoms with van der Waals surface area (Å²) in [7, 11) is 0. The van der Waals surface area contributed by atoms with Gasteiger partial charge in [0.2, 0.25) is 0 Å². The maximum Gasteiger partial charge on any atom is 0.129 e. The quantitative estimate of drug-likeness (QED) is 0.516. The van der Waals surface area contributed by atoms with Gasteiger partial charge in [-0.1, -0.05) is 27.5 Å². The fourth-order valence-corrected chi connectivity index (χ4v) is 2.81. The van der Waals surface area contributed by atoms with Crippen molar-refractivity contribution in [2.75, 3.05) is 5.73 Å². The molecule has 2 nitrogen and oxygen atoms in total. The largest absolute Gasteiger partial charge is 0.398 e. The monoisotopic (exact) mass is 328 g/mol. The third-order valence-electron chi connectivity index (χ3n) is 2.16. The van der Waals surface area contributed by atoms with Gasteiger partial charge in [-0.15, -0.1) is 11.8 Å². The molecule has 17 heavy (non-hydrogen) atoms. The minimum Gasteiger partial charge on any atom is -0.398 e. The van der Waals surface area contributed by atoms with Crippen molar-refractivity contribution in [2.24, 2.45) is 0 Å². The van der Waals surface area contributed by atoms with Gasteiger partial charge in [-0.3, -0.25) is 0 Å². The lowest BCUT2D eigenvalue weighted by Gasteiger charge is -2.06. The second-order valence-electron chi connectivity index (χ2n) is 3.46. The summed E-state index contributed by atoms with van der Waals surface area (Å²) in [5.41, 5.74) is 7.84. The van der Waals surface area contributed by atoms with Crippen LogP contribution in [-0.4, -0.2) is 4.98 Å². The molecule has 0 saturated carbocycles. The average Bonchev–Trinajstić information content (AvgIpc) is 2.28. The summed E-state index contributed by atoms with van der Waals surface area (Å²) in [6, 6.07) is 9.71. The summed E-state index contributed by atoms with van der Waals surface area (Å²) in [4.78, 5) is 5.02. The number of nitrogen functional groups attached to an aromatic ring is 1. The summed E-state index contributed by atoms with van der Waals surface area (Å²) < 4.78 is 0.992. The molecule has 5 heteroatoms. The van der Waals surface area contributed by atoms with Gasteiger partial charge in [0.1, 0.15) is 5.15 Å². The van der Waals surface area contributed by atoms with Gasteiger partial charge in [-0.2, -0.15) is 0 Å². The topological polar surface area (TPSA) is 38.9 Å². The molecule has 0 spiro atoms. The number of aromatic nitrogens is 1. The van der Waals surface area contributed by atoms with E-state index < -0.39 is 0 Å². The predicted molar refractivity (Wildman–Crippen MR) is 77.4 cm³/mol. The Morgan fingerprint density at radius 3 is 2.82 bits per heavy atom. The number of benzene rings is 1. The molecule has 0 amide bonds. The minimum absolute atomic E-state index is 0.520. The molecule has 1 aromatic heterocycles. The molecule has 0 aliphatic carbocycles. The molecule has 0 atom stereocenters. The van der Waals surface area contributed by atoms with Crippen LogP contribution in [0.3, 0.4) is 0 Å². The van der Waals surface area contributed by atoms with Crippen molar-refractivity contribution < 1.29 is 0 Å². The molecule has 0 aliphatic rings. The summed E-state index contributed by atoms with van der Waals surface area (Å²) in [5, 5.41) is 0.520. The number of thioether (sulfide) groups is 1. The zero-order valence-electron chi connectivity index (χ0n) is 8.86. The van der Waals surface area contributed by atoms with E-state index in [9.17, 15) is 0 Å². The van der Waals surface area contributed by atoms with E-state index in [1.165, 1.54) is 0 Å². The van der Waals surface area contributed by atoms with Gasteiger partial charge < -0.3 is 5.73 Å². The molecule has 2 aromatic rings. The van der Waals surface area contributed by atoms with Crippen LogP contribution < -0.4 is 5.73 Å².